The molecular weight excluding hydrogens is 158 g/mol. The smallest absolute Gasteiger partial charge is 0.0101 e. The molecule has 0 amide bonds. The molecule has 3 atom stereocenters. The van der Waals surface area contributed by atoms with Crippen molar-refractivity contribution >= 4 is 0 Å². The minimum Gasteiger partial charge on any atom is -0.317 e. The van der Waals surface area contributed by atoms with Gasteiger partial charge in [-0.2, -0.15) is 0 Å². The van der Waals surface area contributed by atoms with Crippen molar-refractivity contribution in [3.63, 3.8) is 0 Å². The van der Waals surface area contributed by atoms with Gasteiger partial charge in [0.15, 0.2) is 0 Å². The SMILES string of the molecule is C=C(C)C1=CCC2CC(NC)C2C1. The summed E-state index contributed by atoms with van der Waals surface area (Å²) in [7, 11) is 2.08. The van der Waals surface area contributed by atoms with Crippen molar-refractivity contribution in [3.05, 3.63) is 23.8 Å². The summed E-state index contributed by atoms with van der Waals surface area (Å²) in [5, 5.41) is 3.40. The lowest BCUT2D eigenvalue weighted by molar-refractivity contribution is 0.105. The van der Waals surface area contributed by atoms with Crippen molar-refractivity contribution in [2.75, 3.05) is 7.05 Å². The Kier molecular flexibility index (Phi) is 2.29. The summed E-state index contributed by atoms with van der Waals surface area (Å²) in [6.45, 7) is 6.15. The molecule has 0 heterocycles. The summed E-state index contributed by atoms with van der Waals surface area (Å²) >= 11 is 0. The summed E-state index contributed by atoms with van der Waals surface area (Å²) in [5.41, 5.74) is 2.77. The van der Waals surface area contributed by atoms with Crippen LogP contribution in [-0.2, 0) is 0 Å². The standard InChI is InChI=1S/C12H19N/c1-8(2)9-4-5-10-7-12(13-3)11(10)6-9/h4,10-13H,1,5-7H2,2-3H3. The molecule has 0 aliphatic heterocycles. The van der Waals surface area contributed by atoms with Crippen molar-refractivity contribution in [3.8, 4) is 0 Å². The van der Waals surface area contributed by atoms with Gasteiger partial charge in [0, 0.05) is 6.04 Å². The normalized spacial score (nSPS) is 37.4. The van der Waals surface area contributed by atoms with Crippen LogP contribution in [0.25, 0.3) is 0 Å². The summed E-state index contributed by atoms with van der Waals surface area (Å²) in [5.74, 6) is 1.85. The van der Waals surface area contributed by atoms with Gasteiger partial charge in [0.25, 0.3) is 0 Å². The van der Waals surface area contributed by atoms with Crippen LogP contribution in [0.2, 0.25) is 0 Å². The molecule has 13 heavy (non-hydrogen) atoms. The zero-order valence-corrected chi connectivity index (χ0v) is 8.64. The van der Waals surface area contributed by atoms with Crippen molar-refractivity contribution < 1.29 is 0 Å². The van der Waals surface area contributed by atoms with Crippen molar-refractivity contribution in [1.29, 1.82) is 0 Å². The van der Waals surface area contributed by atoms with Crippen LogP contribution >= 0.6 is 0 Å². The molecule has 0 bridgehead atoms. The Morgan fingerprint density at radius 2 is 2.38 bits per heavy atom. The third-order valence-corrected chi connectivity index (χ3v) is 3.72. The largest absolute Gasteiger partial charge is 0.317 e. The van der Waals surface area contributed by atoms with E-state index in [1.165, 1.54) is 30.4 Å². The predicted octanol–water partition coefficient (Wildman–Crippen LogP) is 2.51. The lowest BCUT2D eigenvalue weighted by Gasteiger charge is -2.47. The second-order valence-electron chi connectivity index (χ2n) is 4.50. The third-order valence-electron chi connectivity index (χ3n) is 3.72. The Hall–Kier alpha value is -0.560. The fourth-order valence-corrected chi connectivity index (χ4v) is 2.70. The van der Waals surface area contributed by atoms with E-state index in [4.69, 9.17) is 0 Å². The van der Waals surface area contributed by atoms with E-state index in [-0.39, 0.29) is 0 Å². The molecule has 2 aliphatic rings. The summed E-state index contributed by atoms with van der Waals surface area (Å²) < 4.78 is 0. The first-order valence-corrected chi connectivity index (χ1v) is 5.24. The first-order valence-electron chi connectivity index (χ1n) is 5.24. The van der Waals surface area contributed by atoms with Crippen LogP contribution in [0.1, 0.15) is 26.2 Å². The van der Waals surface area contributed by atoms with Crippen molar-refractivity contribution in [2.45, 2.75) is 32.2 Å². The molecule has 0 aromatic carbocycles. The van der Waals surface area contributed by atoms with E-state index in [2.05, 4.69) is 31.9 Å². The van der Waals surface area contributed by atoms with Crippen LogP contribution in [0.4, 0.5) is 0 Å². The van der Waals surface area contributed by atoms with Gasteiger partial charge in [-0.15, -0.1) is 0 Å². The molecule has 1 fully saturated rings. The highest BCUT2D eigenvalue weighted by molar-refractivity contribution is 5.30. The lowest BCUT2D eigenvalue weighted by atomic mass is 9.62. The van der Waals surface area contributed by atoms with E-state index in [0.717, 1.165) is 17.9 Å². The van der Waals surface area contributed by atoms with E-state index >= 15 is 0 Å². The van der Waals surface area contributed by atoms with Gasteiger partial charge in [0.2, 0.25) is 0 Å². The number of hydrogen-bond donors (Lipinski definition) is 1. The van der Waals surface area contributed by atoms with Crippen LogP contribution in [0, 0.1) is 11.8 Å². The zero-order chi connectivity index (χ0) is 9.42. The highest BCUT2D eigenvalue weighted by Crippen LogP contribution is 2.45. The monoisotopic (exact) mass is 177 g/mol. The van der Waals surface area contributed by atoms with Gasteiger partial charge in [-0.3, -0.25) is 0 Å². The minimum atomic E-state index is 0.771. The first-order chi connectivity index (χ1) is 6.22. The average Bonchev–Trinajstić information content (AvgIpc) is 2.07. The predicted molar refractivity (Wildman–Crippen MR) is 56.6 cm³/mol. The second kappa shape index (κ2) is 3.30. The molecule has 1 heteroatoms. The Morgan fingerprint density at radius 1 is 1.62 bits per heavy atom. The highest BCUT2D eigenvalue weighted by atomic mass is 14.9. The molecule has 0 aromatic rings. The minimum absolute atomic E-state index is 0.771. The summed E-state index contributed by atoms with van der Waals surface area (Å²) in [4.78, 5) is 0. The molecule has 2 rings (SSSR count). The van der Waals surface area contributed by atoms with Crippen LogP contribution < -0.4 is 5.32 Å². The van der Waals surface area contributed by atoms with Gasteiger partial charge in [-0.1, -0.05) is 18.2 Å². The Bertz CT molecular complexity index is 252. The molecule has 1 N–H and O–H groups in total. The third kappa shape index (κ3) is 1.46. The molecule has 2 aliphatic carbocycles. The van der Waals surface area contributed by atoms with Gasteiger partial charge in [-0.05, 0) is 50.6 Å². The molecule has 0 saturated heterocycles. The van der Waals surface area contributed by atoms with E-state index in [9.17, 15) is 0 Å². The number of rotatable bonds is 2. The van der Waals surface area contributed by atoms with Crippen molar-refractivity contribution in [2.24, 2.45) is 11.8 Å². The maximum absolute atomic E-state index is 4.02. The Morgan fingerprint density at radius 3 is 3.00 bits per heavy atom. The molecular formula is C12H19N. The maximum atomic E-state index is 4.02. The molecule has 1 nitrogen and oxygen atoms in total. The molecule has 1 saturated carbocycles. The Labute approximate surface area is 80.9 Å². The molecule has 0 spiro atoms. The number of allylic oxidation sites excluding steroid dienone is 3. The van der Waals surface area contributed by atoms with Crippen LogP contribution in [0.15, 0.2) is 23.8 Å². The number of nitrogens with one attached hydrogen (secondary N) is 1. The van der Waals surface area contributed by atoms with E-state index in [1.807, 2.05) is 0 Å². The van der Waals surface area contributed by atoms with Crippen molar-refractivity contribution in [1.82, 2.24) is 5.32 Å². The van der Waals surface area contributed by atoms with E-state index in [1.54, 1.807) is 0 Å². The van der Waals surface area contributed by atoms with Crippen LogP contribution in [0.5, 0.6) is 0 Å². The van der Waals surface area contributed by atoms with Gasteiger partial charge in [0.05, 0.1) is 0 Å². The fourth-order valence-electron chi connectivity index (χ4n) is 2.70. The van der Waals surface area contributed by atoms with E-state index in [0.29, 0.717) is 0 Å². The second-order valence-corrected chi connectivity index (χ2v) is 4.50. The molecule has 0 radical (unpaired) electrons. The van der Waals surface area contributed by atoms with Crippen LogP contribution in [-0.4, -0.2) is 13.1 Å². The van der Waals surface area contributed by atoms with Crippen LogP contribution in [0.3, 0.4) is 0 Å². The summed E-state index contributed by atoms with van der Waals surface area (Å²) in [6, 6.07) is 0.771. The number of hydrogen-bond acceptors (Lipinski definition) is 1. The topological polar surface area (TPSA) is 12.0 Å². The van der Waals surface area contributed by atoms with Gasteiger partial charge in [0.1, 0.15) is 0 Å². The molecule has 0 aromatic heterocycles. The Balaban J connectivity index is 2.03. The lowest BCUT2D eigenvalue weighted by Crippen LogP contribution is -2.50. The number of fused-ring (bicyclic) bond motifs is 1. The van der Waals surface area contributed by atoms with Gasteiger partial charge >= 0.3 is 0 Å². The van der Waals surface area contributed by atoms with E-state index < -0.39 is 0 Å². The molecule has 3 unspecified atom stereocenters. The quantitative estimate of drug-likeness (QED) is 0.683. The fraction of sp³-hybridized carbons (Fsp3) is 0.667. The zero-order valence-electron chi connectivity index (χ0n) is 8.64. The maximum Gasteiger partial charge on any atom is 0.0101 e. The first kappa shape index (κ1) is 9.01. The van der Waals surface area contributed by atoms with Gasteiger partial charge in [-0.25, -0.2) is 0 Å². The molecule has 72 valence electrons. The summed E-state index contributed by atoms with van der Waals surface area (Å²) in [6.07, 6.45) is 6.31. The highest BCUT2D eigenvalue weighted by Gasteiger charge is 2.41. The average molecular weight is 177 g/mol. The van der Waals surface area contributed by atoms with Gasteiger partial charge < -0.3 is 5.32 Å².